The zero-order valence-corrected chi connectivity index (χ0v) is 15.7. The Labute approximate surface area is 161 Å². The maximum absolute atomic E-state index is 12.6. The number of nitrogens with two attached hydrogens (primary N) is 1. The summed E-state index contributed by atoms with van der Waals surface area (Å²) in [5.74, 6) is 0.000503. The van der Waals surface area contributed by atoms with Crippen LogP contribution in [-0.4, -0.2) is 49.7 Å². The molecule has 5 heteroatoms. The normalized spacial score (nSPS) is 17.2. The molecule has 5 nitrogen and oxygen atoms in total. The third kappa shape index (κ3) is 6.47. The van der Waals surface area contributed by atoms with Gasteiger partial charge in [-0.05, 0) is 17.5 Å². The SMILES string of the molecule is NC(CC(=O)NC(Cc1ccccc1)CN1CCOCC1)c1ccccc1. The van der Waals surface area contributed by atoms with Crippen LogP contribution >= 0.6 is 0 Å². The second-order valence-electron chi connectivity index (χ2n) is 7.09. The molecular weight excluding hydrogens is 338 g/mol. The quantitative estimate of drug-likeness (QED) is 0.750. The molecule has 3 rings (SSSR count). The van der Waals surface area contributed by atoms with E-state index < -0.39 is 0 Å². The summed E-state index contributed by atoms with van der Waals surface area (Å²) in [7, 11) is 0. The fraction of sp³-hybridized carbons (Fsp3) is 0.409. The van der Waals surface area contributed by atoms with E-state index in [4.69, 9.17) is 10.5 Å². The Balaban J connectivity index is 1.59. The summed E-state index contributed by atoms with van der Waals surface area (Å²) >= 11 is 0. The van der Waals surface area contributed by atoms with Crippen molar-refractivity contribution in [1.29, 1.82) is 0 Å². The van der Waals surface area contributed by atoms with Crippen LogP contribution in [0.25, 0.3) is 0 Å². The molecule has 1 fully saturated rings. The third-order valence-corrected chi connectivity index (χ3v) is 4.91. The highest BCUT2D eigenvalue weighted by Gasteiger charge is 2.20. The molecule has 0 aliphatic carbocycles. The number of carbonyl (C=O) groups excluding carboxylic acids is 1. The van der Waals surface area contributed by atoms with Crippen molar-refractivity contribution in [3.05, 3.63) is 71.8 Å². The average molecular weight is 367 g/mol. The minimum atomic E-state index is -0.285. The molecule has 1 saturated heterocycles. The van der Waals surface area contributed by atoms with Gasteiger partial charge in [0.1, 0.15) is 0 Å². The molecule has 0 bridgehead atoms. The van der Waals surface area contributed by atoms with Crippen LogP contribution in [0.3, 0.4) is 0 Å². The molecule has 0 radical (unpaired) electrons. The van der Waals surface area contributed by atoms with Gasteiger partial charge in [-0.2, -0.15) is 0 Å². The van der Waals surface area contributed by atoms with Crippen molar-refractivity contribution in [3.63, 3.8) is 0 Å². The van der Waals surface area contributed by atoms with Crippen molar-refractivity contribution < 1.29 is 9.53 Å². The molecule has 2 aromatic carbocycles. The lowest BCUT2D eigenvalue weighted by Gasteiger charge is -2.31. The second kappa shape index (κ2) is 10.2. The van der Waals surface area contributed by atoms with Gasteiger partial charge in [0.05, 0.1) is 13.2 Å². The highest BCUT2D eigenvalue weighted by Crippen LogP contribution is 2.14. The first-order valence-corrected chi connectivity index (χ1v) is 9.64. The summed E-state index contributed by atoms with van der Waals surface area (Å²) in [6.45, 7) is 4.15. The van der Waals surface area contributed by atoms with E-state index in [9.17, 15) is 4.79 Å². The van der Waals surface area contributed by atoms with E-state index in [1.54, 1.807) is 0 Å². The Morgan fingerprint density at radius 2 is 1.67 bits per heavy atom. The van der Waals surface area contributed by atoms with Gasteiger partial charge in [-0.1, -0.05) is 60.7 Å². The molecule has 1 aliphatic rings. The number of morpholine rings is 1. The number of ether oxygens (including phenoxy) is 1. The first kappa shape index (κ1) is 19.5. The van der Waals surface area contributed by atoms with E-state index in [1.807, 2.05) is 48.5 Å². The number of hydrogen-bond donors (Lipinski definition) is 2. The van der Waals surface area contributed by atoms with Gasteiger partial charge < -0.3 is 15.8 Å². The first-order valence-electron chi connectivity index (χ1n) is 9.64. The van der Waals surface area contributed by atoms with Crippen molar-refractivity contribution in [2.45, 2.75) is 24.9 Å². The lowest BCUT2D eigenvalue weighted by Crippen LogP contribution is -2.48. The van der Waals surface area contributed by atoms with Gasteiger partial charge in [-0.25, -0.2) is 0 Å². The highest BCUT2D eigenvalue weighted by atomic mass is 16.5. The summed E-state index contributed by atoms with van der Waals surface area (Å²) in [5.41, 5.74) is 8.43. The zero-order chi connectivity index (χ0) is 18.9. The van der Waals surface area contributed by atoms with Crippen molar-refractivity contribution in [2.24, 2.45) is 5.73 Å². The number of amides is 1. The Bertz CT molecular complexity index is 687. The van der Waals surface area contributed by atoms with Crippen molar-refractivity contribution in [1.82, 2.24) is 10.2 Å². The van der Waals surface area contributed by atoms with Crippen LogP contribution in [0.4, 0.5) is 0 Å². The molecule has 1 amide bonds. The zero-order valence-electron chi connectivity index (χ0n) is 15.7. The van der Waals surface area contributed by atoms with Gasteiger partial charge in [0.2, 0.25) is 5.91 Å². The lowest BCUT2D eigenvalue weighted by atomic mass is 10.0. The van der Waals surface area contributed by atoms with E-state index in [0.717, 1.165) is 44.8 Å². The van der Waals surface area contributed by atoms with Crippen LogP contribution in [0, 0.1) is 0 Å². The predicted octanol–water partition coefficient (Wildman–Crippen LogP) is 2.14. The minimum absolute atomic E-state index is 0.000503. The van der Waals surface area contributed by atoms with Gasteiger partial charge in [0.15, 0.2) is 0 Å². The average Bonchev–Trinajstić information content (AvgIpc) is 2.70. The van der Waals surface area contributed by atoms with E-state index in [2.05, 4.69) is 22.3 Å². The Kier molecular flexibility index (Phi) is 7.39. The van der Waals surface area contributed by atoms with E-state index in [-0.39, 0.29) is 18.0 Å². The Morgan fingerprint density at radius 1 is 1.04 bits per heavy atom. The van der Waals surface area contributed by atoms with Crippen molar-refractivity contribution >= 4 is 5.91 Å². The number of rotatable bonds is 8. The van der Waals surface area contributed by atoms with Crippen LogP contribution in [0.15, 0.2) is 60.7 Å². The monoisotopic (exact) mass is 367 g/mol. The number of benzene rings is 2. The summed E-state index contributed by atoms with van der Waals surface area (Å²) in [6, 6.07) is 19.8. The number of nitrogens with one attached hydrogen (secondary N) is 1. The second-order valence-corrected chi connectivity index (χ2v) is 7.09. The number of nitrogens with zero attached hydrogens (tertiary/aromatic N) is 1. The molecule has 144 valence electrons. The molecule has 0 aromatic heterocycles. The minimum Gasteiger partial charge on any atom is -0.379 e. The molecule has 1 heterocycles. The Morgan fingerprint density at radius 3 is 2.33 bits per heavy atom. The fourth-order valence-corrected chi connectivity index (χ4v) is 3.46. The predicted molar refractivity (Wildman–Crippen MR) is 107 cm³/mol. The van der Waals surface area contributed by atoms with Gasteiger partial charge >= 0.3 is 0 Å². The van der Waals surface area contributed by atoms with Gasteiger partial charge in [-0.3, -0.25) is 9.69 Å². The highest BCUT2D eigenvalue weighted by molar-refractivity contribution is 5.77. The van der Waals surface area contributed by atoms with Crippen LogP contribution in [0.2, 0.25) is 0 Å². The van der Waals surface area contributed by atoms with Gasteiger partial charge in [0, 0.05) is 38.1 Å². The molecule has 0 spiro atoms. The maximum Gasteiger partial charge on any atom is 0.222 e. The first-order chi connectivity index (χ1) is 13.2. The number of hydrogen-bond acceptors (Lipinski definition) is 4. The molecule has 2 unspecified atom stereocenters. The van der Waals surface area contributed by atoms with Gasteiger partial charge in [-0.15, -0.1) is 0 Å². The summed E-state index contributed by atoms with van der Waals surface area (Å²) < 4.78 is 5.44. The van der Waals surface area contributed by atoms with E-state index in [1.165, 1.54) is 5.56 Å². The molecule has 2 atom stereocenters. The molecule has 1 aliphatic heterocycles. The van der Waals surface area contributed by atoms with Crippen molar-refractivity contribution in [3.8, 4) is 0 Å². The fourth-order valence-electron chi connectivity index (χ4n) is 3.46. The molecule has 3 N–H and O–H groups in total. The van der Waals surface area contributed by atoms with Crippen LogP contribution < -0.4 is 11.1 Å². The molecule has 27 heavy (non-hydrogen) atoms. The lowest BCUT2D eigenvalue weighted by molar-refractivity contribution is -0.122. The Hall–Kier alpha value is -2.21. The van der Waals surface area contributed by atoms with Crippen LogP contribution in [0.1, 0.15) is 23.6 Å². The molecular formula is C22H29N3O2. The van der Waals surface area contributed by atoms with Crippen LogP contribution in [-0.2, 0) is 16.0 Å². The maximum atomic E-state index is 12.6. The molecule has 0 saturated carbocycles. The van der Waals surface area contributed by atoms with Crippen LogP contribution in [0.5, 0.6) is 0 Å². The number of carbonyl (C=O) groups is 1. The van der Waals surface area contributed by atoms with Gasteiger partial charge in [0.25, 0.3) is 0 Å². The smallest absolute Gasteiger partial charge is 0.222 e. The topological polar surface area (TPSA) is 67.6 Å². The molecule has 2 aromatic rings. The summed E-state index contributed by atoms with van der Waals surface area (Å²) in [4.78, 5) is 15.0. The summed E-state index contributed by atoms with van der Waals surface area (Å²) in [6.07, 6.45) is 1.10. The van der Waals surface area contributed by atoms with Crippen molar-refractivity contribution in [2.75, 3.05) is 32.8 Å². The third-order valence-electron chi connectivity index (χ3n) is 4.91. The summed E-state index contributed by atoms with van der Waals surface area (Å²) in [5, 5.41) is 3.21. The largest absolute Gasteiger partial charge is 0.379 e. The van der Waals surface area contributed by atoms with E-state index >= 15 is 0 Å². The standard InChI is InChI=1S/C22H29N3O2/c23-21(19-9-5-2-6-10-19)16-22(26)24-20(15-18-7-3-1-4-8-18)17-25-11-13-27-14-12-25/h1-10,20-21H,11-17,23H2,(H,24,26). The van der Waals surface area contributed by atoms with E-state index in [0.29, 0.717) is 6.42 Å².